The number of hydrogen-bond acceptors (Lipinski definition) is 6. The summed E-state index contributed by atoms with van der Waals surface area (Å²) in [7, 11) is 0. The summed E-state index contributed by atoms with van der Waals surface area (Å²) in [6.07, 6.45) is -1.88. The molecule has 1 aliphatic heterocycles. The van der Waals surface area contributed by atoms with Gasteiger partial charge in [-0.15, -0.1) is 0 Å². The minimum Gasteiger partial charge on any atom is -0.370 e. The number of benzene rings is 3. The summed E-state index contributed by atoms with van der Waals surface area (Å²) >= 11 is 1.43. The van der Waals surface area contributed by atoms with Gasteiger partial charge in [-0.2, -0.15) is 0 Å². The Morgan fingerprint density at radius 2 is 1.31 bits per heavy atom. The number of azide groups is 2. The van der Waals surface area contributed by atoms with Gasteiger partial charge in [0, 0.05) is 14.7 Å². The molecule has 36 heavy (non-hydrogen) atoms. The van der Waals surface area contributed by atoms with Gasteiger partial charge in [0.1, 0.15) is 17.6 Å². The first-order chi connectivity index (χ1) is 17.8. The second-order valence-corrected chi connectivity index (χ2v) is 9.28. The van der Waals surface area contributed by atoms with E-state index < -0.39 is 29.8 Å². The van der Waals surface area contributed by atoms with Gasteiger partial charge in [0.15, 0.2) is 0 Å². The van der Waals surface area contributed by atoms with E-state index >= 15 is 0 Å². The Labute approximate surface area is 213 Å². The van der Waals surface area contributed by atoms with Gasteiger partial charge >= 0.3 is 0 Å². The molecule has 1 fully saturated rings. The first-order valence-electron chi connectivity index (χ1n) is 11.5. The predicted molar refractivity (Wildman–Crippen MR) is 138 cm³/mol. The van der Waals surface area contributed by atoms with Crippen LogP contribution in [0.25, 0.3) is 20.9 Å². The van der Waals surface area contributed by atoms with Gasteiger partial charge in [-0.25, -0.2) is 0 Å². The molecule has 0 saturated carbocycles. The third kappa shape index (κ3) is 7.02. The quantitative estimate of drug-likeness (QED) is 0.165. The monoisotopic (exact) mass is 502 g/mol. The van der Waals surface area contributed by atoms with Crippen LogP contribution in [0.5, 0.6) is 0 Å². The third-order valence-corrected chi connectivity index (χ3v) is 6.86. The highest BCUT2D eigenvalue weighted by Gasteiger charge is 2.47. The molecule has 1 aliphatic rings. The molecule has 3 aromatic rings. The lowest BCUT2D eigenvalue weighted by Gasteiger charge is -2.44. The Hall–Kier alpha value is -3.49. The van der Waals surface area contributed by atoms with E-state index in [-0.39, 0.29) is 6.54 Å². The first kappa shape index (κ1) is 25.6. The lowest BCUT2D eigenvalue weighted by Crippen LogP contribution is -2.58. The molecule has 184 valence electrons. The van der Waals surface area contributed by atoms with Crippen molar-refractivity contribution in [2.45, 2.75) is 47.9 Å². The number of thioether (sulfide) groups is 1. The molecule has 0 spiro atoms. The SMILES string of the molecule is [N-]=[N+]=NC[C@H]1OC(Sc2ccccc2)[C@H](N=[N+]=[N-])[C@@H](OCc2ccccc2)[C@@H]1OCc1ccccc1. The molecule has 0 amide bonds. The molecule has 10 heteroatoms. The zero-order valence-electron chi connectivity index (χ0n) is 19.5. The summed E-state index contributed by atoms with van der Waals surface area (Å²) < 4.78 is 19.1. The van der Waals surface area contributed by atoms with Crippen molar-refractivity contribution in [3.8, 4) is 0 Å². The van der Waals surface area contributed by atoms with Crippen LogP contribution in [0.2, 0.25) is 0 Å². The van der Waals surface area contributed by atoms with Gasteiger partial charge in [-0.1, -0.05) is 101 Å². The minimum absolute atomic E-state index is 0.0516. The largest absolute Gasteiger partial charge is 0.370 e. The molecular weight excluding hydrogens is 476 g/mol. The molecule has 0 aromatic heterocycles. The summed E-state index contributed by atoms with van der Waals surface area (Å²) in [6, 6.07) is 28.5. The first-order valence-corrected chi connectivity index (χ1v) is 12.4. The molecule has 0 aliphatic carbocycles. The molecule has 1 heterocycles. The normalized spacial score (nSPS) is 23.3. The van der Waals surface area contributed by atoms with Crippen LogP contribution in [0, 0.1) is 0 Å². The van der Waals surface area contributed by atoms with E-state index in [2.05, 4.69) is 20.1 Å². The summed E-state index contributed by atoms with van der Waals surface area (Å²) in [5, 5.41) is 7.87. The van der Waals surface area contributed by atoms with Crippen LogP contribution >= 0.6 is 11.8 Å². The zero-order chi connectivity index (χ0) is 25.0. The van der Waals surface area contributed by atoms with E-state index in [1.165, 1.54) is 11.8 Å². The molecular formula is C26H26N6O3S. The highest BCUT2D eigenvalue weighted by Crippen LogP contribution is 2.38. The summed E-state index contributed by atoms with van der Waals surface area (Å²) in [5.74, 6) is 0. The fourth-order valence-corrected chi connectivity index (χ4v) is 5.12. The van der Waals surface area contributed by atoms with E-state index in [1.54, 1.807) is 0 Å². The molecule has 0 N–H and O–H groups in total. The maximum absolute atomic E-state index is 9.44. The van der Waals surface area contributed by atoms with Crippen LogP contribution in [-0.2, 0) is 27.4 Å². The number of rotatable bonds is 11. The standard InChI is InChI=1S/C26H26N6O3S/c27-31-29-16-22-24(33-17-19-10-4-1-5-11-19)25(34-18-20-12-6-2-7-13-20)23(30-32-28)26(35-22)36-21-14-8-3-9-15-21/h1-15,22-26H,16-18H2/t22-,23-,24-,25-,26?/m1/s1. The number of hydrogen-bond donors (Lipinski definition) is 0. The van der Waals surface area contributed by atoms with Crippen LogP contribution < -0.4 is 0 Å². The Balaban J connectivity index is 1.65. The van der Waals surface area contributed by atoms with Gasteiger partial charge in [0.2, 0.25) is 0 Å². The van der Waals surface area contributed by atoms with Gasteiger partial charge in [0.25, 0.3) is 0 Å². The highest BCUT2D eigenvalue weighted by molar-refractivity contribution is 7.99. The summed E-state index contributed by atoms with van der Waals surface area (Å²) in [6.45, 7) is 0.646. The Kier molecular flexibility index (Phi) is 9.64. The van der Waals surface area contributed by atoms with Gasteiger partial charge in [-0.3, -0.25) is 0 Å². The molecule has 3 aromatic carbocycles. The van der Waals surface area contributed by atoms with E-state index in [0.29, 0.717) is 13.2 Å². The maximum Gasteiger partial charge on any atom is 0.119 e. The second kappa shape index (κ2) is 13.6. The van der Waals surface area contributed by atoms with Crippen molar-refractivity contribution in [1.82, 2.24) is 0 Å². The Morgan fingerprint density at radius 1 is 0.750 bits per heavy atom. The maximum atomic E-state index is 9.44. The number of nitrogens with zero attached hydrogens (tertiary/aromatic N) is 6. The molecule has 9 nitrogen and oxygen atoms in total. The van der Waals surface area contributed by atoms with Crippen LogP contribution in [0.4, 0.5) is 0 Å². The van der Waals surface area contributed by atoms with Crippen molar-refractivity contribution in [2.75, 3.05) is 6.54 Å². The van der Waals surface area contributed by atoms with Crippen molar-refractivity contribution >= 4 is 11.8 Å². The van der Waals surface area contributed by atoms with Crippen molar-refractivity contribution in [2.24, 2.45) is 10.2 Å². The van der Waals surface area contributed by atoms with Crippen molar-refractivity contribution in [3.05, 3.63) is 123 Å². The van der Waals surface area contributed by atoms with Crippen LogP contribution in [0.15, 0.2) is 106 Å². The third-order valence-electron chi connectivity index (χ3n) is 5.69. The fraction of sp³-hybridized carbons (Fsp3) is 0.308. The van der Waals surface area contributed by atoms with E-state index in [1.807, 2.05) is 91.0 Å². The van der Waals surface area contributed by atoms with Gasteiger partial charge in [0.05, 0.1) is 32.0 Å². The van der Waals surface area contributed by atoms with E-state index in [0.717, 1.165) is 16.0 Å². The molecule has 4 rings (SSSR count). The topological polar surface area (TPSA) is 125 Å². The molecule has 1 saturated heterocycles. The minimum atomic E-state index is -0.688. The Bertz CT molecular complexity index is 1170. The average molecular weight is 503 g/mol. The van der Waals surface area contributed by atoms with Gasteiger partial charge in [-0.05, 0) is 34.3 Å². The number of ether oxygens (including phenoxy) is 3. The second-order valence-electron chi connectivity index (χ2n) is 8.11. The average Bonchev–Trinajstić information content (AvgIpc) is 2.93. The van der Waals surface area contributed by atoms with Crippen LogP contribution in [-0.4, -0.2) is 36.3 Å². The summed E-state index contributed by atoms with van der Waals surface area (Å²) in [4.78, 5) is 6.99. The smallest absolute Gasteiger partial charge is 0.119 e. The Morgan fingerprint density at radius 3 is 1.86 bits per heavy atom. The lowest BCUT2D eigenvalue weighted by atomic mass is 9.97. The van der Waals surface area contributed by atoms with Crippen LogP contribution in [0.1, 0.15) is 11.1 Å². The van der Waals surface area contributed by atoms with E-state index in [9.17, 15) is 5.53 Å². The van der Waals surface area contributed by atoms with Gasteiger partial charge < -0.3 is 14.2 Å². The predicted octanol–water partition coefficient (Wildman–Crippen LogP) is 6.66. The fourth-order valence-electron chi connectivity index (χ4n) is 3.99. The molecule has 1 unspecified atom stereocenters. The summed E-state index contributed by atoms with van der Waals surface area (Å²) in [5.41, 5.74) is 19.8. The van der Waals surface area contributed by atoms with Crippen molar-refractivity contribution < 1.29 is 14.2 Å². The van der Waals surface area contributed by atoms with E-state index in [4.69, 9.17) is 19.7 Å². The molecule has 0 bridgehead atoms. The van der Waals surface area contributed by atoms with Crippen LogP contribution in [0.3, 0.4) is 0 Å². The van der Waals surface area contributed by atoms with Crippen molar-refractivity contribution in [1.29, 1.82) is 0 Å². The molecule has 5 atom stereocenters. The highest BCUT2D eigenvalue weighted by atomic mass is 32.2. The zero-order valence-corrected chi connectivity index (χ0v) is 20.3. The molecule has 0 radical (unpaired) electrons. The van der Waals surface area contributed by atoms with Crippen molar-refractivity contribution in [3.63, 3.8) is 0 Å². The lowest BCUT2D eigenvalue weighted by molar-refractivity contribution is -0.195.